The summed E-state index contributed by atoms with van der Waals surface area (Å²) in [6.07, 6.45) is 4.72. The lowest BCUT2D eigenvalue weighted by molar-refractivity contribution is -0.165. The molecular weight excluding hydrogens is 220 g/mol. The van der Waals surface area contributed by atoms with Gasteiger partial charge in [-0.2, -0.15) is 0 Å². The molecular formula is C13H20O4. The summed E-state index contributed by atoms with van der Waals surface area (Å²) in [6, 6.07) is 0. The summed E-state index contributed by atoms with van der Waals surface area (Å²) in [6.45, 7) is 3.23. The average molecular weight is 240 g/mol. The number of hydrogen-bond donors (Lipinski definition) is 0. The number of fused-ring (bicyclic) bond motifs is 2. The molecule has 0 aliphatic heterocycles. The molecule has 0 aromatic heterocycles. The average Bonchev–Trinajstić information content (AvgIpc) is 2.87. The normalized spacial score (nSPS) is 30.6. The Bertz CT molecular complexity index is 311. The molecule has 2 rings (SSSR count). The summed E-state index contributed by atoms with van der Waals surface area (Å²) in [5.41, 5.74) is 0. The molecule has 3 atom stereocenters. The summed E-state index contributed by atoms with van der Waals surface area (Å²) in [7, 11) is 0. The van der Waals surface area contributed by atoms with E-state index in [4.69, 9.17) is 9.47 Å². The Kier molecular flexibility index (Phi) is 3.69. The molecule has 0 N–H and O–H groups in total. The molecule has 0 saturated heterocycles. The Morgan fingerprint density at radius 2 is 2.00 bits per heavy atom. The van der Waals surface area contributed by atoms with Crippen molar-refractivity contribution < 1.29 is 19.1 Å². The first kappa shape index (κ1) is 12.4. The number of ether oxygens (including phenoxy) is 2. The van der Waals surface area contributed by atoms with Crippen LogP contribution in [0.3, 0.4) is 0 Å². The standard InChI is InChI=1S/C13H20O4/c1-8(2)13(15)16-7-12(14)17-11-6-9-3-4-10(11)5-9/h8-11H,3-7H2,1-2H3. The molecule has 2 aliphatic carbocycles. The number of esters is 2. The van der Waals surface area contributed by atoms with Gasteiger partial charge in [-0.15, -0.1) is 0 Å². The van der Waals surface area contributed by atoms with Crippen LogP contribution in [-0.4, -0.2) is 24.6 Å². The van der Waals surface area contributed by atoms with E-state index in [0.717, 1.165) is 12.3 Å². The number of hydrogen-bond acceptors (Lipinski definition) is 4. The van der Waals surface area contributed by atoms with Gasteiger partial charge in [-0.1, -0.05) is 13.8 Å². The van der Waals surface area contributed by atoms with Crippen molar-refractivity contribution in [3.05, 3.63) is 0 Å². The minimum Gasteiger partial charge on any atom is -0.460 e. The van der Waals surface area contributed by atoms with E-state index in [0.29, 0.717) is 5.92 Å². The minimum absolute atomic E-state index is 0.0685. The molecule has 2 fully saturated rings. The summed E-state index contributed by atoms with van der Waals surface area (Å²) < 4.78 is 10.2. The van der Waals surface area contributed by atoms with Crippen molar-refractivity contribution in [2.45, 2.75) is 45.6 Å². The first-order chi connectivity index (χ1) is 8.06. The third-order valence-corrected chi connectivity index (χ3v) is 3.76. The van der Waals surface area contributed by atoms with Gasteiger partial charge in [0.2, 0.25) is 0 Å². The van der Waals surface area contributed by atoms with Crippen molar-refractivity contribution in [3.8, 4) is 0 Å². The molecule has 2 aliphatic rings. The van der Waals surface area contributed by atoms with Crippen LogP contribution in [-0.2, 0) is 19.1 Å². The van der Waals surface area contributed by atoms with Crippen molar-refractivity contribution in [1.82, 2.24) is 0 Å². The zero-order valence-corrected chi connectivity index (χ0v) is 10.5. The SMILES string of the molecule is CC(C)C(=O)OCC(=O)OC1CC2CCC1C2. The number of rotatable bonds is 4. The largest absolute Gasteiger partial charge is 0.460 e. The van der Waals surface area contributed by atoms with E-state index in [1.807, 2.05) is 0 Å². The van der Waals surface area contributed by atoms with Crippen molar-refractivity contribution >= 4 is 11.9 Å². The van der Waals surface area contributed by atoms with Crippen LogP contribution in [0.2, 0.25) is 0 Å². The van der Waals surface area contributed by atoms with E-state index in [9.17, 15) is 9.59 Å². The van der Waals surface area contributed by atoms with E-state index in [2.05, 4.69) is 0 Å². The van der Waals surface area contributed by atoms with Gasteiger partial charge in [0.15, 0.2) is 6.61 Å². The molecule has 2 saturated carbocycles. The van der Waals surface area contributed by atoms with E-state index in [1.54, 1.807) is 13.8 Å². The van der Waals surface area contributed by atoms with Crippen molar-refractivity contribution in [2.75, 3.05) is 6.61 Å². The van der Waals surface area contributed by atoms with Crippen LogP contribution < -0.4 is 0 Å². The molecule has 96 valence electrons. The number of carbonyl (C=O) groups is 2. The van der Waals surface area contributed by atoms with Gasteiger partial charge in [0.25, 0.3) is 0 Å². The molecule has 0 spiro atoms. The topological polar surface area (TPSA) is 52.6 Å². The maximum absolute atomic E-state index is 11.5. The van der Waals surface area contributed by atoms with Crippen LogP contribution in [0.4, 0.5) is 0 Å². The van der Waals surface area contributed by atoms with Gasteiger partial charge in [-0.3, -0.25) is 4.79 Å². The molecule has 0 radical (unpaired) electrons. The second-order valence-electron chi connectivity index (χ2n) is 5.47. The lowest BCUT2D eigenvalue weighted by Crippen LogP contribution is -2.27. The molecule has 0 aromatic carbocycles. The summed E-state index contributed by atoms with van der Waals surface area (Å²) in [5.74, 6) is 0.331. The van der Waals surface area contributed by atoms with E-state index in [1.165, 1.54) is 19.3 Å². The lowest BCUT2D eigenvalue weighted by Gasteiger charge is -2.21. The zero-order valence-electron chi connectivity index (χ0n) is 10.5. The quantitative estimate of drug-likeness (QED) is 0.704. The summed E-state index contributed by atoms with van der Waals surface area (Å²) in [5, 5.41) is 0. The van der Waals surface area contributed by atoms with Gasteiger partial charge in [0, 0.05) is 0 Å². The van der Waals surface area contributed by atoms with Crippen LogP contribution in [0.25, 0.3) is 0 Å². The third kappa shape index (κ3) is 2.99. The zero-order chi connectivity index (χ0) is 12.4. The monoisotopic (exact) mass is 240 g/mol. The predicted octanol–water partition coefficient (Wildman–Crippen LogP) is 1.92. The molecule has 0 heterocycles. The highest BCUT2D eigenvalue weighted by Crippen LogP contribution is 2.45. The Morgan fingerprint density at radius 1 is 1.24 bits per heavy atom. The third-order valence-electron chi connectivity index (χ3n) is 3.76. The van der Waals surface area contributed by atoms with Crippen LogP contribution in [0, 0.1) is 17.8 Å². The molecule has 4 heteroatoms. The Labute approximate surface area is 102 Å². The van der Waals surface area contributed by atoms with E-state index < -0.39 is 5.97 Å². The van der Waals surface area contributed by atoms with Gasteiger partial charge >= 0.3 is 11.9 Å². The minimum atomic E-state index is -0.406. The lowest BCUT2D eigenvalue weighted by atomic mass is 9.98. The Morgan fingerprint density at radius 3 is 2.53 bits per heavy atom. The first-order valence-corrected chi connectivity index (χ1v) is 6.42. The highest BCUT2D eigenvalue weighted by Gasteiger charge is 2.41. The molecule has 4 nitrogen and oxygen atoms in total. The fourth-order valence-corrected chi connectivity index (χ4v) is 2.83. The van der Waals surface area contributed by atoms with Crippen molar-refractivity contribution in [3.63, 3.8) is 0 Å². The van der Waals surface area contributed by atoms with Gasteiger partial charge in [-0.05, 0) is 37.5 Å². The predicted molar refractivity (Wildman–Crippen MR) is 61.1 cm³/mol. The maximum atomic E-state index is 11.5. The summed E-state index contributed by atoms with van der Waals surface area (Å²) in [4.78, 5) is 22.7. The van der Waals surface area contributed by atoms with E-state index in [-0.39, 0.29) is 24.6 Å². The fraction of sp³-hybridized carbons (Fsp3) is 0.846. The van der Waals surface area contributed by atoms with Crippen molar-refractivity contribution in [2.24, 2.45) is 17.8 Å². The first-order valence-electron chi connectivity index (χ1n) is 6.42. The Hall–Kier alpha value is -1.06. The second kappa shape index (κ2) is 5.07. The highest BCUT2D eigenvalue weighted by molar-refractivity contribution is 5.77. The number of carbonyl (C=O) groups excluding carboxylic acids is 2. The maximum Gasteiger partial charge on any atom is 0.344 e. The van der Waals surface area contributed by atoms with Crippen LogP contribution >= 0.6 is 0 Å². The fourth-order valence-electron chi connectivity index (χ4n) is 2.83. The van der Waals surface area contributed by atoms with Crippen molar-refractivity contribution in [1.29, 1.82) is 0 Å². The molecule has 3 unspecified atom stereocenters. The molecule has 17 heavy (non-hydrogen) atoms. The second-order valence-corrected chi connectivity index (χ2v) is 5.47. The van der Waals surface area contributed by atoms with E-state index >= 15 is 0 Å². The van der Waals surface area contributed by atoms with Gasteiger partial charge < -0.3 is 9.47 Å². The van der Waals surface area contributed by atoms with Gasteiger partial charge in [0.1, 0.15) is 6.10 Å². The molecule has 0 amide bonds. The van der Waals surface area contributed by atoms with Gasteiger partial charge in [0.05, 0.1) is 5.92 Å². The Balaban J connectivity index is 1.69. The van der Waals surface area contributed by atoms with Crippen LogP contribution in [0.15, 0.2) is 0 Å². The molecule has 0 aromatic rings. The smallest absolute Gasteiger partial charge is 0.344 e. The van der Waals surface area contributed by atoms with Crippen LogP contribution in [0.5, 0.6) is 0 Å². The summed E-state index contributed by atoms with van der Waals surface area (Å²) >= 11 is 0. The van der Waals surface area contributed by atoms with Gasteiger partial charge in [-0.25, -0.2) is 4.79 Å². The molecule has 2 bridgehead atoms. The van der Waals surface area contributed by atoms with Crippen LogP contribution in [0.1, 0.15) is 39.5 Å². The highest BCUT2D eigenvalue weighted by atomic mass is 16.6.